The van der Waals surface area contributed by atoms with Crippen LogP contribution in [0.2, 0.25) is 25.7 Å². The zero-order chi connectivity index (χ0) is 25.3. The normalized spacial score (nSPS) is 12.0. The van der Waals surface area contributed by atoms with Gasteiger partial charge in [-0.1, -0.05) is 19.6 Å². The number of pyridine rings is 2. The summed E-state index contributed by atoms with van der Waals surface area (Å²) >= 11 is 0. The minimum Gasteiger partial charge on any atom is -0.425 e. The molecule has 0 radical (unpaired) electrons. The van der Waals surface area contributed by atoms with E-state index in [1.165, 1.54) is 0 Å². The van der Waals surface area contributed by atoms with Gasteiger partial charge in [-0.25, -0.2) is 14.3 Å². The van der Waals surface area contributed by atoms with Crippen LogP contribution in [0, 0.1) is 0 Å². The lowest BCUT2D eigenvalue weighted by molar-refractivity contribution is 0.0850. The van der Waals surface area contributed by atoms with Gasteiger partial charge in [0, 0.05) is 33.6 Å². The van der Waals surface area contributed by atoms with E-state index in [4.69, 9.17) is 9.47 Å². The van der Waals surface area contributed by atoms with Gasteiger partial charge in [-0.15, -0.1) is 0 Å². The fraction of sp³-hybridized carbons (Fsp3) is 0.308. The Hall–Kier alpha value is -3.76. The lowest BCUT2D eigenvalue weighted by atomic mass is 10.3. The van der Waals surface area contributed by atoms with E-state index >= 15 is 0 Å². The van der Waals surface area contributed by atoms with Gasteiger partial charge in [0.15, 0.2) is 5.65 Å². The quantitative estimate of drug-likeness (QED) is 0.207. The van der Waals surface area contributed by atoms with E-state index in [9.17, 15) is 4.79 Å². The average molecular weight is 503 g/mol. The highest BCUT2D eigenvalue weighted by molar-refractivity contribution is 6.76. The molecule has 0 aliphatic carbocycles. The van der Waals surface area contributed by atoms with Crippen molar-refractivity contribution >= 4 is 30.3 Å². The molecule has 0 spiro atoms. The molecule has 5 rings (SSSR count). The first-order chi connectivity index (χ1) is 17.4. The molecule has 1 aromatic carbocycles. The molecule has 4 heterocycles. The second-order valence-electron chi connectivity index (χ2n) is 9.84. The van der Waals surface area contributed by atoms with Crippen molar-refractivity contribution in [1.82, 2.24) is 28.7 Å². The predicted octanol–water partition coefficient (Wildman–Crippen LogP) is 5.06. The number of aryl methyl sites for hydroxylation is 1. The van der Waals surface area contributed by atoms with E-state index in [2.05, 4.69) is 34.6 Å². The van der Waals surface area contributed by atoms with Gasteiger partial charge in [0.05, 0.1) is 28.4 Å². The molecule has 0 bridgehead atoms. The Morgan fingerprint density at radius 2 is 1.78 bits per heavy atom. The van der Waals surface area contributed by atoms with Gasteiger partial charge < -0.3 is 9.47 Å². The summed E-state index contributed by atoms with van der Waals surface area (Å²) in [6.45, 7) is 10.5. The molecule has 9 nitrogen and oxygen atoms in total. The summed E-state index contributed by atoms with van der Waals surface area (Å²) in [5, 5.41) is 0. The number of benzene rings is 1. The van der Waals surface area contributed by atoms with E-state index in [1.54, 1.807) is 27.7 Å². The van der Waals surface area contributed by atoms with Gasteiger partial charge >= 0.3 is 11.7 Å². The molecule has 0 aliphatic heterocycles. The molecular weight excluding hydrogens is 472 g/mol. The molecule has 0 saturated heterocycles. The molecule has 10 heteroatoms. The molecule has 36 heavy (non-hydrogen) atoms. The average Bonchev–Trinajstić information content (AvgIpc) is 3.35. The third kappa shape index (κ3) is 4.69. The molecule has 4 aromatic heterocycles. The number of ether oxygens (including phenoxy) is 2. The van der Waals surface area contributed by atoms with E-state index in [1.807, 2.05) is 54.0 Å². The lowest BCUT2D eigenvalue weighted by Gasteiger charge is -2.16. The van der Waals surface area contributed by atoms with Crippen molar-refractivity contribution in [2.24, 2.45) is 0 Å². The first-order valence-corrected chi connectivity index (χ1v) is 15.8. The Balaban J connectivity index is 1.42. The third-order valence-corrected chi connectivity index (χ3v) is 7.75. The maximum Gasteiger partial charge on any atom is 0.334 e. The van der Waals surface area contributed by atoms with Gasteiger partial charge in [-0.3, -0.25) is 14.1 Å². The maximum atomic E-state index is 13.1. The molecule has 0 N–H and O–H groups in total. The molecule has 0 fully saturated rings. The fourth-order valence-corrected chi connectivity index (χ4v) is 4.83. The topological polar surface area (TPSA) is 89.0 Å². The van der Waals surface area contributed by atoms with Crippen LogP contribution in [0.3, 0.4) is 0 Å². The number of aromatic nitrogens is 6. The maximum absolute atomic E-state index is 13.1. The standard InChI is InChI=1S/C26H30N6O3Si/c1-5-30-22-7-6-13-28-24(22)32(26(30)33)19-8-10-20(11-9-19)35-25-29-21-12-14-27-17-23(21)31(25)18-34-15-16-36(2,3)4/h6-14,17H,5,15-16,18H2,1-4H3. The Kier molecular flexibility index (Phi) is 6.46. The van der Waals surface area contributed by atoms with Crippen molar-refractivity contribution in [3.05, 3.63) is 71.5 Å². The van der Waals surface area contributed by atoms with Crippen LogP contribution in [0.1, 0.15) is 6.92 Å². The van der Waals surface area contributed by atoms with Crippen molar-refractivity contribution < 1.29 is 9.47 Å². The number of imidazole rings is 2. The summed E-state index contributed by atoms with van der Waals surface area (Å²) in [6, 6.07) is 14.5. The highest BCUT2D eigenvalue weighted by Gasteiger charge is 2.17. The van der Waals surface area contributed by atoms with Gasteiger partial charge in [0.2, 0.25) is 0 Å². The van der Waals surface area contributed by atoms with Gasteiger partial charge in [-0.2, -0.15) is 4.98 Å². The van der Waals surface area contributed by atoms with E-state index in [-0.39, 0.29) is 5.69 Å². The molecular formula is C26H30N6O3Si. The zero-order valence-electron chi connectivity index (χ0n) is 21.0. The number of fused-ring (bicyclic) bond motifs is 2. The minimum atomic E-state index is -1.19. The van der Waals surface area contributed by atoms with Crippen LogP contribution in [0.15, 0.2) is 65.8 Å². The lowest BCUT2D eigenvalue weighted by Crippen LogP contribution is -2.22. The summed E-state index contributed by atoms with van der Waals surface area (Å²) < 4.78 is 17.4. The largest absolute Gasteiger partial charge is 0.425 e. The first-order valence-electron chi connectivity index (χ1n) is 12.1. The summed E-state index contributed by atoms with van der Waals surface area (Å²) in [5.74, 6) is 0.602. The molecule has 0 saturated carbocycles. The Morgan fingerprint density at radius 3 is 2.53 bits per heavy atom. The number of rotatable bonds is 9. The zero-order valence-corrected chi connectivity index (χ0v) is 22.0. The van der Waals surface area contributed by atoms with Gasteiger partial charge in [0.1, 0.15) is 12.5 Å². The van der Waals surface area contributed by atoms with Crippen molar-refractivity contribution in [2.45, 2.75) is 45.9 Å². The van der Waals surface area contributed by atoms with E-state index < -0.39 is 8.07 Å². The van der Waals surface area contributed by atoms with E-state index in [0.29, 0.717) is 37.3 Å². The van der Waals surface area contributed by atoms with Gasteiger partial charge in [0.25, 0.3) is 0 Å². The third-order valence-electron chi connectivity index (χ3n) is 6.04. The van der Waals surface area contributed by atoms with Crippen LogP contribution in [0.5, 0.6) is 11.8 Å². The SMILES string of the molecule is CCn1c(=O)n(-c2ccc(Oc3nc4ccncc4n3COCC[Si](C)(C)C)cc2)c2ncccc21. The van der Waals surface area contributed by atoms with Crippen molar-refractivity contribution in [1.29, 1.82) is 0 Å². The van der Waals surface area contributed by atoms with Crippen LogP contribution in [-0.2, 0) is 18.0 Å². The second-order valence-corrected chi connectivity index (χ2v) is 15.5. The fourth-order valence-electron chi connectivity index (χ4n) is 4.08. The first kappa shape index (κ1) is 24.0. The molecule has 5 aromatic rings. The molecule has 186 valence electrons. The van der Waals surface area contributed by atoms with Crippen LogP contribution in [0.25, 0.3) is 27.9 Å². The molecule has 0 aliphatic rings. The van der Waals surface area contributed by atoms with Crippen LogP contribution >= 0.6 is 0 Å². The minimum absolute atomic E-state index is 0.121. The van der Waals surface area contributed by atoms with Crippen molar-refractivity contribution in [3.8, 4) is 17.4 Å². The summed E-state index contributed by atoms with van der Waals surface area (Å²) in [4.78, 5) is 26.4. The Labute approximate surface area is 210 Å². The summed E-state index contributed by atoms with van der Waals surface area (Å²) in [7, 11) is -1.19. The summed E-state index contributed by atoms with van der Waals surface area (Å²) in [6.07, 6.45) is 5.17. The van der Waals surface area contributed by atoms with E-state index in [0.717, 1.165) is 28.3 Å². The monoisotopic (exact) mass is 502 g/mol. The van der Waals surface area contributed by atoms with Gasteiger partial charge in [-0.05, 0) is 55.4 Å². The van der Waals surface area contributed by atoms with Crippen molar-refractivity contribution in [3.63, 3.8) is 0 Å². The molecule has 0 amide bonds. The second kappa shape index (κ2) is 9.71. The summed E-state index contributed by atoms with van der Waals surface area (Å²) in [5.41, 5.74) is 3.67. The van der Waals surface area contributed by atoms with Crippen LogP contribution in [-0.4, -0.2) is 43.3 Å². The Bertz CT molecular complexity index is 1560. The predicted molar refractivity (Wildman–Crippen MR) is 143 cm³/mol. The molecule has 0 unspecified atom stereocenters. The Morgan fingerprint density at radius 1 is 0.972 bits per heavy atom. The number of hydrogen-bond acceptors (Lipinski definition) is 6. The highest BCUT2D eigenvalue weighted by Crippen LogP contribution is 2.27. The molecule has 0 atom stereocenters. The van der Waals surface area contributed by atoms with Crippen LogP contribution < -0.4 is 10.4 Å². The van der Waals surface area contributed by atoms with Crippen molar-refractivity contribution in [2.75, 3.05) is 6.61 Å². The number of hydrogen-bond donors (Lipinski definition) is 0. The smallest absolute Gasteiger partial charge is 0.334 e. The number of nitrogens with zero attached hydrogens (tertiary/aromatic N) is 6. The van der Waals surface area contributed by atoms with Crippen LogP contribution in [0.4, 0.5) is 0 Å². The highest BCUT2D eigenvalue weighted by atomic mass is 28.3.